The van der Waals surface area contributed by atoms with Gasteiger partial charge in [0.05, 0.1) is 18.4 Å². The van der Waals surface area contributed by atoms with Gasteiger partial charge in [-0.05, 0) is 54.7 Å². The number of amides is 2. The minimum atomic E-state index is -0.381. The van der Waals surface area contributed by atoms with Crippen molar-refractivity contribution in [3.05, 3.63) is 64.8 Å². The monoisotopic (exact) mass is 426 g/mol. The number of piperidine rings is 1. The first-order valence-electron chi connectivity index (χ1n) is 9.92. The molecule has 0 aliphatic carbocycles. The predicted molar refractivity (Wildman–Crippen MR) is 115 cm³/mol. The number of carbonyl (C=O) groups is 2. The van der Waals surface area contributed by atoms with Crippen LogP contribution in [0.5, 0.6) is 5.75 Å². The third-order valence-corrected chi connectivity index (χ3v) is 5.83. The van der Waals surface area contributed by atoms with Gasteiger partial charge in [0, 0.05) is 24.7 Å². The van der Waals surface area contributed by atoms with Gasteiger partial charge in [-0.2, -0.15) is 0 Å². The Hall–Kier alpha value is -2.83. The summed E-state index contributed by atoms with van der Waals surface area (Å²) < 4.78 is 5.22. The number of aliphatic hydroxyl groups excluding tert-OH is 1. The lowest BCUT2D eigenvalue weighted by atomic mass is 9.97. The van der Waals surface area contributed by atoms with Gasteiger partial charge in [0.25, 0.3) is 11.8 Å². The number of hydrogen-bond donors (Lipinski definition) is 1. The molecule has 2 aromatic carbocycles. The van der Waals surface area contributed by atoms with Crippen molar-refractivity contribution in [2.45, 2.75) is 12.8 Å². The van der Waals surface area contributed by atoms with Crippen molar-refractivity contribution in [2.24, 2.45) is 5.92 Å². The molecule has 1 fully saturated rings. The van der Waals surface area contributed by atoms with E-state index in [4.69, 9.17) is 16.3 Å². The number of carbonyl (C=O) groups excluding carboxylic acids is 2. The van der Waals surface area contributed by atoms with Crippen LogP contribution in [-0.2, 0) is 9.59 Å². The number of likely N-dealkylation sites (tertiary alicyclic amines) is 1. The van der Waals surface area contributed by atoms with E-state index in [-0.39, 0.29) is 24.3 Å². The molecule has 1 saturated heterocycles. The second-order valence-electron chi connectivity index (χ2n) is 7.51. The molecule has 1 N–H and O–H groups in total. The van der Waals surface area contributed by atoms with Gasteiger partial charge in [0.1, 0.15) is 11.4 Å². The Morgan fingerprint density at radius 2 is 1.90 bits per heavy atom. The number of halogens is 1. The first kappa shape index (κ1) is 20.4. The highest BCUT2D eigenvalue weighted by atomic mass is 35.5. The summed E-state index contributed by atoms with van der Waals surface area (Å²) in [5.74, 6) is -0.00518. The van der Waals surface area contributed by atoms with Gasteiger partial charge in [-0.3, -0.25) is 9.59 Å². The van der Waals surface area contributed by atoms with Crippen molar-refractivity contribution < 1.29 is 19.4 Å². The van der Waals surface area contributed by atoms with Crippen LogP contribution in [0.4, 0.5) is 5.69 Å². The normalized spacial score (nSPS) is 19.6. The van der Waals surface area contributed by atoms with E-state index in [1.807, 2.05) is 4.90 Å². The summed E-state index contributed by atoms with van der Waals surface area (Å²) >= 11 is 6.11. The van der Waals surface area contributed by atoms with Crippen molar-refractivity contribution in [1.29, 1.82) is 0 Å². The average molecular weight is 427 g/mol. The SMILES string of the molecule is COc1ccc(C2=C(N3CCCC(CO)C3)C(=O)N(c3cccc(Cl)c3)C2=O)cc1. The molecular formula is C23H23ClN2O4. The third-order valence-electron chi connectivity index (χ3n) is 5.60. The van der Waals surface area contributed by atoms with Crippen LogP contribution in [-0.4, -0.2) is 48.6 Å². The molecule has 2 amide bonds. The van der Waals surface area contributed by atoms with Crippen LogP contribution in [0.25, 0.3) is 5.57 Å². The third kappa shape index (κ3) is 3.68. The Morgan fingerprint density at radius 3 is 2.57 bits per heavy atom. The van der Waals surface area contributed by atoms with E-state index in [0.717, 1.165) is 12.8 Å². The molecule has 2 aliphatic heterocycles. The minimum absolute atomic E-state index is 0.0573. The molecule has 2 heterocycles. The molecule has 0 spiro atoms. The second kappa shape index (κ2) is 8.50. The van der Waals surface area contributed by atoms with Crippen LogP contribution >= 0.6 is 11.6 Å². The van der Waals surface area contributed by atoms with Gasteiger partial charge in [-0.1, -0.05) is 29.8 Å². The maximum Gasteiger partial charge on any atom is 0.282 e. The van der Waals surface area contributed by atoms with E-state index in [9.17, 15) is 14.7 Å². The number of benzene rings is 2. The summed E-state index contributed by atoms with van der Waals surface area (Å²) in [5.41, 5.74) is 1.83. The predicted octanol–water partition coefficient (Wildman–Crippen LogP) is 3.34. The number of aliphatic hydroxyl groups is 1. The fraction of sp³-hybridized carbons (Fsp3) is 0.304. The molecule has 156 valence electrons. The van der Waals surface area contributed by atoms with E-state index in [0.29, 0.717) is 46.4 Å². The Morgan fingerprint density at radius 1 is 1.13 bits per heavy atom. The van der Waals surface area contributed by atoms with Crippen molar-refractivity contribution in [3.8, 4) is 5.75 Å². The fourth-order valence-electron chi connectivity index (χ4n) is 4.10. The standard InChI is InChI=1S/C23H23ClN2O4/c1-30-19-9-7-16(8-10-19)20-21(25-11-3-4-15(13-25)14-27)23(29)26(22(20)28)18-6-2-5-17(24)12-18/h2,5-10,12,15,27H,3-4,11,13-14H2,1H3. The van der Waals surface area contributed by atoms with Gasteiger partial charge < -0.3 is 14.7 Å². The topological polar surface area (TPSA) is 70.1 Å². The van der Waals surface area contributed by atoms with Gasteiger partial charge in [0.2, 0.25) is 0 Å². The van der Waals surface area contributed by atoms with Gasteiger partial charge in [-0.15, -0.1) is 0 Å². The van der Waals surface area contributed by atoms with Gasteiger partial charge >= 0.3 is 0 Å². The average Bonchev–Trinajstić information content (AvgIpc) is 3.03. The van der Waals surface area contributed by atoms with Crippen LogP contribution in [0.3, 0.4) is 0 Å². The maximum atomic E-state index is 13.5. The highest BCUT2D eigenvalue weighted by Crippen LogP contribution is 2.37. The second-order valence-corrected chi connectivity index (χ2v) is 7.95. The summed E-state index contributed by atoms with van der Waals surface area (Å²) in [6.07, 6.45) is 1.75. The van der Waals surface area contributed by atoms with Gasteiger partial charge in [-0.25, -0.2) is 4.90 Å². The molecule has 1 unspecified atom stereocenters. The van der Waals surface area contributed by atoms with E-state index in [1.165, 1.54) is 4.90 Å². The summed E-state index contributed by atoms with van der Waals surface area (Å²) in [6.45, 7) is 1.25. The van der Waals surface area contributed by atoms with Crippen LogP contribution in [0.1, 0.15) is 18.4 Å². The highest BCUT2D eigenvalue weighted by Gasteiger charge is 2.43. The summed E-state index contributed by atoms with van der Waals surface area (Å²) in [6, 6.07) is 13.8. The molecule has 6 nitrogen and oxygen atoms in total. The number of methoxy groups -OCH3 is 1. The zero-order valence-corrected chi connectivity index (χ0v) is 17.4. The summed E-state index contributed by atoms with van der Waals surface area (Å²) in [7, 11) is 1.58. The molecule has 0 saturated carbocycles. The number of imide groups is 1. The van der Waals surface area contributed by atoms with Crippen molar-refractivity contribution in [2.75, 3.05) is 31.7 Å². The van der Waals surface area contributed by atoms with E-state index < -0.39 is 0 Å². The molecule has 1 atom stereocenters. The molecule has 0 bridgehead atoms. The van der Waals surface area contributed by atoms with Gasteiger partial charge in [0.15, 0.2) is 0 Å². The zero-order chi connectivity index (χ0) is 21.3. The molecule has 0 aromatic heterocycles. The lowest BCUT2D eigenvalue weighted by Gasteiger charge is -2.34. The number of hydrogen-bond acceptors (Lipinski definition) is 5. The molecular weight excluding hydrogens is 404 g/mol. The van der Waals surface area contributed by atoms with E-state index in [1.54, 1.807) is 55.6 Å². The first-order chi connectivity index (χ1) is 14.5. The van der Waals surface area contributed by atoms with E-state index >= 15 is 0 Å². The van der Waals surface area contributed by atoms with Crippen molar-refractivity contribution in [3.63, 3.8) is 0 Å². The highest BCUT2D eigenvalue weighted by molar-refractivity contribution is 6.45. The molecule has 2 aromatic rings. The minimum Gasteiger partial charge on any atom is -0.497 e. The van der Waals surface area contributed by atoms with Crippen molar-refractivity contribution in [1.82, 2.24) is 4.90 Å². The Kier molecular flexibility index (Phi) is 5.79. The summed E-state index contributed by atoms with van der Waals surface area (Å²) in [4.78, 5) is 30.1. The van der Waals surface area contributed by atoms with Crippen LogP contribution < -0.4 is 9.64 Å². The lowest BCUT2D eigenvalue weighted by molar-refractivity contribution is -0.120. The number of rotatable bonds is 5. The smallest absolute Gasteiger partial charge is 0.282 e. The zero-order valence-electron chi connectivity index (χ0n) is 16.7. The maximum absolute atomic E-state index is 13.5. The molecule has 4 rings (SSSR count). The molecule has 2 aliphatic rings. The number of ether oxygens (including phenoxy) is 1. The van der Waals surface area contributed by atoms with Crippen LogP contribution in [0.2, 0.25) is 5.02 Å². The summed E-state index contributed by atoms with van der Waals surface area (Å²) in [5, 5.41) is 10.1. The van der Waals surface area contributed by atoms with Crippen LogP contribution in [0, 0.1) is 5.92 Å². The quantitative estimate of drug-likeness (QED) is 0.742. The fourth-order valence-corrected chi connectivity index (χ4v) is 4.28. The number of nitrogens with zero attached hydrogens (tertiary/aromatic N) is 2. The first-order valence-corrected chi connectivity index (χ1v) is 10.3. The Bertz CT molecular complexity index is 1000. The molecule has 0 radical (unpaired) electrons. The molecule has 30 heavy (non-hydrogen) atoms. The van der Waals surface area contributed by atoms with E-state index in [2.05, 4.69) is 0 Å². The lowest BCUT2D eigenvalue weighted by Crippen LogP contribution is -2.40. The molecule has 7 heteroatoms. The van der Waals surface area contributed by atoms with Crippen molar-refractivity contribution >= 4 is 34.7 Å². The van der Waals surface area contributed by atoms with Crippen LogP contribution in [0.15, 0.2) is 54.2 Å². The number of anilines is 1. The largest absolute Gasteiger partial charge is 0.497 e. The Balaban J connectivity index is 1.81. The Labute approximate surface area is 180 Å².